The maximum atomic E-state index is 13.6. The highest BCUT2D eigenvalue weighted by Gasteiger charge is 2.30. The van der Waals surface area contributed by atoms with E-state index < -0.39 is 5.97 Å². The zero-order valence-corrected chi connectivity index (χ0v) is 16.5. The van der Waals surface area contributed by atoms with Gasteiger partial charge in [-0.3, -0.25) is 4.79 Å². The van der Waals surface area contributed by atoms with Crippen molar-refractivity contribution in [1.82, 2.24) is 9.78 Å². The quantitative estimate of drug-likeness (QED) is 0.342. The zero-order chi connectivity index (χ0) is 20.9. The van der Waals surface area contributed by atoms with E-state index in [1.54, 1.807) is 19.1 Å². The van der Waals surface area contributed by atoms with Gasteiger partial charge >= 0.3 is 5.97 Å². The van der Waals surface area contributed by atoms with E-state index in [0.717, 1.165) is 5.56 Å². The Hall–Kier alpha value is -3.99. The van der Waals surface area contributed by atoms with Crippen molar-refractivity contribution >= 4 is 11.8 Å². The number of carbonyl (C=O) groups excluding carboxylic acids is 2. The number of nitrogens with zero attached hydrogens (tertiary/aromatic N) is 2. The van der Waals surface area contributed by atoms with Gasteiger partial charge in [-0.25, -0.2) is 9.48 Å². The summed E-state index contributed by atoms with van der Waals surface area (Å²) in [5, 5.41) is 4.54. The molecule has 0 spiro atoms. The van der Waals surface area contributed by atoms with Gasteiger partial charge in [-0.05, 0) is 24.6 Å². The molecule has 0 fully saturated rings. The summed E-state index contributed by atoms with van der Waals surface area (Å²) in [5.74, 6) is -0.783. The summed E-state index contributed by atoms with van der Waals surface area (Å²) in [4.78, 5) is 26.4. The lowest BCUT2D eigenvalue weighted by molar-refractivity contribution is 0.0519. The third-order valence-corrected chi connectivity index (χ3v) is 4.67. The topological polar surface area (TPSA) is 61.2 Å². The number of aromatic nitrogens is 2. The zero-order valence-electron chi connectivity index (χ0n) is 16.5. The number of ketones is 1. The van der Waals surface area contributed by atoms with Crippen LogP contribution < -0.4 is 0 Å². The molecule has 4 rings (SSSR count). The third kappa shape index (κ3) is 3.65. The van der Waals surface area contributed by atoms with Crippen molar-refractivity contribution in [3.63, 3.8) is 0 Å². The smallest absolute Gasteiger partial charge is 0.359 e. The van der Waals surface area contributed by atoms with Crippen LogP contribution in [-0.2, 0) is 4.74 Å². The summed E-state index contributed by atoms with van der Waals surface area (Å²) in [6.07, 6.45) is 0. The summed E-state index contributed by atoms with van der Waals surface area (Å²) in [7, 11) is 0. The summed E-state index contributed by atoms with van der Waals surface area (Å²) in [6.45, 7) is 1.96. The lowest BCUT2D eigenvalue weighted by atomic mass is 9.97. The van der Waals surface area contributed by atoms with Gasteiger partial charge in [-0.15, -0.1) is 0 Å². The number of benzene rings is 3. The Morgan fingerprint density at radius 1 is 0.833 bits per heavy atom. The van der Waals surface area contributed by atoms with Crippen molar-refractivity contribution in [3.8, 4) is 16.8 Å². The van der Waals surface area contributed by atoms with Gasteiger partial charge in [0.05, 0.1) is 12.3 Å². The minimum Gasteiger partial charge on any atom is -0.461 e. The molecule has 0 unspecified atom stereocenters. The Kier molecular flexibility index (Phi) is 5.52. The predicted molar refractivity (Wildman–Crippen MR) is 115 cm³/mol. The summed E-state index contributed by atoms with van der Waals surface area (Å²) in [6, 6.07) is 27.6. The van der Waals surface area contributed by atoms with Gasteiger partial charge in [-0.1, -0.05) is 78.9 Å². The number of hydrogen-bond donors (Lipinski definition) is 0. The lowest BCUT2D eigenvalue weighted by Gasteiger charge is -2.09. The molecule has 4 aromatic rings. The molecule has 5 nitrogen and oxygen atoms in total. The first-order chi connectivity index (χ1) is 14.7. The molecular formula is C25H20N2O3. The number of para-hydroxylation sites is 1. The Bertz CT molecular complexity index is 1170. The average molecular weight is 396 g/mol. The fraction of sp³-hybridized carbons (Fsp3) is 0.0800. The number of esters is 1. The molecule has 0 aliphatic heterocycles. The van der Waals surface area contributed by atoms with E-state index in [2.05, 4.69) is 5.10 Å². The van der Waals surface area contributed by atoms with Crippen molar-refractivity contribution in [2.24, 2.45) is 0 Å². The van der Waals surface area contributed by atoms with E-state index in [-0.39, 0.29) is 18.1 Å². The highest BCUT2D eigenvalue weighted by Crippen LogP contribution is 2.32. The number of carbonyl (C=O) groups is 2. The van der Waals surface area contributed by atoms with Gasteiger partial charge in [0.2, 0.25) is 5.78 Å². The Morgan fingerprint density at radius 3 is 2.00 bits per heavy atom. The van der Waals surface area contributed by atoms with Crippen LogP contribution in [0.4, 0.5) is 0 Å². The second-order valence-electron chi connectivity index (χ2n) is 6.60. The van der Waals surface area contributed by atoms with Crippen molar-refractivity contribution in [2.45, 2.75) is 6.92 Å². The maximum Gasteiger partial charge on any atom is 0.359 e. The summed E-state index contributed by atoms with van der Waals surface area (Å²) < 4.78 is 6.79. The molecule has 0 bridgehead atoms. The lowest BCUT2D eigenvalue weighted by Crippen LogP contribution is -2.11. The van der Waals surface area contributed by atoms with Crippen LogP contribution in [-0.4, -0.2) is 28.1 Å². The molecule has 0 atom stereocenters. The second kappa shape index (κ2) is 8.57. The molecular weight excluding hydrogens is 376 g/mol. The Labute approximate surface area is 174 Å². The van der Waals surface area contributed by atoms with Gasteiger partial charge in [0.1, 0.15) is 5.69 Å². The molecule has 30 heavy (non-hydrogen) atoms. The van der Waals surface area contributed by atoms with Crippen LogP contribution in [0.3, 0.4) is 0 Å². The first kappa shape index (κ1) is 19.3. The van der Waals surface area contributed by atoms with Gasteiger partial charge in [0.15, 0.2) is 5.69 Å². The molecule has 0 amide bonds. The van der Waals surface area contributed by atoms with Crippen molar-refractivity contribution in [2.75, 3.05) is 6.61 Å². The van der Waals surface area contributed by atoms with Crippen LogP contribution in [0, 0.1) is 0 Å². The molecule has 0 aliphatic carbocycles. The van der Waals surface area contributed by atoms with E-state index >= 15 is 0 Å². The monoisotopic (exact) mass is 396 g/mol. The molecule has 0 saturated carbocycles. The molecule has 0 aliphatic rings. The van der Waals surface area contributed by atoms with Gasteiger partial charge in [0, 0.05) is 11.1 Å². The van der Waals surface area contributed by atoms with Gasteiger partial charge < -0.3 is 4.74 Å². The SMILES string of the molecule is CCOC(=O)c1nn(-c2ccccc2)c(C(=O)c2ccccc2)c1-c1ccccc1. The average Bonchev–Trinajstić information content (AvgIpc) is 3.21. The first-order valence-electron chi connectivity index (χ1n) is 9.71. The van der Waals surface area contributed by atoms with E-state index in [9.17, 15) is 9.59 Å². The predicted octanol–water partition coefficient (Wildman–Crippen LogP) is 4.95. The summed E-state index contributed by atoms with van der Waals surface area (Å²) in [5.41, 5.74) is 2.83. The fourth-order valence-corrected chi connectivity index (χ4v) is 3.33. The minimum atomic E-state index is -0.562. The molecule has 3 aromatic carbocycles. The maximum absolute atomic E-state index is 13.6. The van der Waals surface area contributed by atoms with Gasteiger partial charge in [0.25, 0.3) is 0 Å². The molecule has 0 radical (unpaired) electrons. The Morgan fingerprint density at radius 2 is 1.40 bits per heavy atom. The third-order valence-electron chi connectivity index (χ3n) is 4.67. The van der Waals surface area contributed by atoms with Crippen molar-refractivity contribution in [1.29, 1.82) is 0 Å². The summed E-state index contributed by atoms with van der Waals surface area (Å²) >= 11 is 0. The van der Waals surface area contributed by atoms with Crippen LogP contribution in [0.5, 0.6) is 0 Å². The van der Waals surface area contributed by atoms with Crippen LogP contribution >= 0.6 is 0 Å². The molecule has 1 aromatic heterocycles. The minimum absolute atomic E-state index is 0.117. The highest BCUT2D eigenvalue weighted by molar-refractivity contribution is 6.14. The second-order valence-corrected chi connectivity index (χ2v) is 6.60. The van der Waals surface area contributed by atoms with Crippen LogP contribution in [0.2, 0.25) is 0 Å². The standard InChI is InChI=1S/C25H20N2O3/c1-2-30-25(29)22-21(18-12-6-3-7-13-18)23(24(28)19-14-8-4-9-15-19)27(26-22)20-16-10-5-11-17-20/h3-17H,2H2,1H3. The molecule has 1 heterocycles. The van der Waals surface area contributed by atoms with Crippen LogP contribution in [0.15, 0.2) is 91.0 Å². The van der Waals surface area contributed by atoms with Gasteiger partial charge in [-0.2, -0.15) is 5.10 Å². The molecule has 0 saturated heterocycles. The number of rotatable bonds is 6. The number of hydrogen-bond acceptors (Lipinski definition) is 4. The molecule has 148 valence electrons. The molecule has 5 heteroatoms. The highest BCUT2D eigenvalue weighted by atomic mass is 16.5. The van der Waals surface area contributed by atoms with Crippen LogP contribution in [0.25, 0.3) is 16.8 Å². The van der Waals surface area contributed by atoms with Crippen LogP contribution in [0.1, 0.15) is 33.5 Å². The first-order valence-corrected chi connectivity index (χ1v) is 9.71. The number of ether oxygens (including phenoxy) is 1. The normalized spacial score (nSPS) is 10.6. The largest absolute Gasteiger partial charge is 0.461 e. The van der Waals surface area contributed by atoms with E-state index in [4.69, 9.17) is 4.74 Å². The van der Waals surface area contributed by atoms with Crippen molar-refractivity contribution in [3.05, 3.63) is 108 Å². The van der Waals surface area contributed by atoms with Crippen molar-refractivity contribution < 1.29 is 14.3 Å². The van der Waals surface area contributed by atoms with E-state index in [1.165, 1.54) is 4.68 Å². The Balaban J connectivity index is 2.04. The fourth-order valence-electron chi connectivity index (χ4n) is 3.33. The van der Waals surface area contributed by atoms with E-state index in [0.29, 0.717) is 22.5 Å². The molecule has 0 N–H and O–H groups in total. The van der Waals surface area contributed by atoms with E-state index in [1.807, 2.05) is 78.9 Å².